The molecular formula is C17H20F2N2. The van der Waals surface area contributed by atoms with Crippen molar-refractivity contribution in [2.45, 2.75) is 19.9 Å². The zero-order chi connectivity index (χ0) is 15.4. The number of halogens is 2. The van der Waals surface area contributed by atoms with E-state index in [1.54, 1.807) is 14.1 Å². The first-order chi connectivity index (χ1) is 10.1. The van der Waals surface area contributed by atoms with E-state index < -0.39 is 11.6 Å². The van der Waals surface area contributed by atoms with E-state index in [9.17, 15) is 8.78 Å². The Kier molecular flexibility index (Phi) is 4.91. The monoisotopic (exact) mass is 290 g/mol. The van der Waals surface area contributed by atoms with Crippen LogP contribution < -0.4 is 10.2 Å². The molecule has 0 aliphatic rings. The minimum Gasteiger partial charge on any atom is -0.340 e. The van der Waals surface area contributed by atoms with Gasteiger partial charge in [-0.25, -0.2) is 8.78 Å². The molecule has 0 heterocycles. The summed E-state index contributed by atoms with van der Waals surface area (Å²) in [6.07, 6.45) is 0.936. The van der Waals surface area contributed by atoms with E-state index in [2.05, 4.69) is 12.2 Å². The van der Waals surface area contributed by atoms with Gasteiger partial charge in [-0.2, -0.15) is 0 Å². The summed E-state index contributed by atoms with van der Waals surface area (Å²) < 4.78 is 28.4. The van der Waals surface area contributed by atoms with Crippen molar-refractivity contribution in [1.29, 1.82) is 0 Å². The minimum absolute atomic E-state index is 0.0286. The van der Waals surface area contributed by atoms with Crippen LogP contribution in [0.2, 0.25) is 0 Å². The summed E-state index contributed by atoms with van der Waals surface area (Å²) in [5.74, 6) is -1.11. The third-order valence-corrected chi connectivity index (χ3v) is 3.52. The molecular weight excluding hydrogens is 270 g/mol. The fourth-order valence-corrected chi connectivity index (χ4v) is 2.33. The van der Waals surface area contributed by atoms with E-state index in [0.29, 0.717) is 12.1 Å². The number of hydrogen-bond acceptors (Lipinski definition) is 2. The smallest absolute Gasteiger partial charge is 0.150 e. The largest absolute Gasteiger partial charge is 0.340 e. The second-order valence-electron chi connectivity index (χ2n) is 5.02. The average Bonchev–Trinajstić information content (AvgIpc) is 2.47. The maximum atomic E-state index is 14.2. The molecule has 2 nitrogen and oxygen atoms in total. The van der Waals surface area contributed by atoms with Crippen LogP contribution in [-0.4, -0.2) is 14.1 Å². The third-order valence-electron chi connectivity index (χ3n) is 3.52. The number of nitrogens with zero attached hydrogens (tertiary/aromatic N) is 1. The molecule has 0 aliphatic heterocycles. The van der Waals surface area contributed by atoms with Gasteiger partial charge >= 0.3 is 0 Å². The van der Waals surface area contributed by atoms with Crippen molar-refractivity contribution in [2.75, 3.05) is 19.0 Å². The van der Waals surface area contributed by atoms with Crippen LogP contribution in [0.15, 0.2) is 36.4 Å². The Bertz CT molecular complexity index is 586. The predicted molar refractivity (Wildman–Crippen MR) is 83.0 cm³/mol. The maximum absolute atomic E-state index is 14.2. The van der Waals surface area contributed by atoms with Gasteiger partial charge in [0, 0.05) is 19.3 Å². The molecule has 2 aromatic carbocycles. The van der Waals surface area contributed by atoms with Crippen molar-refractivity contribution in [1.82, 2.24) is 5.32 Å². The molecule has 0 spiro atoms. The Morgan fingerprint density at radius 1 is 1.00 bits per heavy atom. The molecule has 0 atom stereocenters. The van der Waals surface area contributed by atoms with Crippen LogP contribution in [0.3, 0.4) is 0 Å². The first kappa shape index (κ1) is 15.4. The van der Waals surface area contributed by atoms with Gasteiger partial charge < -0.3 is 10.2 Å². The highest BCUT2D eigenvalue weighted by molar-refractivity contribution is 5.64. The van der Waals surface area contributed by atoms with Gasteiger partial charge in [0.25, 0.3) is 0 Å². The lowest BCUT2D eigenvalue weighted by Crippen LogP contribution is -2.14. The van der Waals surface area contributed by atoms with Crippen molar-refractivity contribution in [3.05, 3.63) is 59.2 Å². The molecule has 0 saturated heterocycles. The highest BCUT2D eigenvalue weighted by atomic mass is 19.1. The average molecular weight is 290 g/mol. The second-order valence-corrected chi connectivity index (χ2v) is 5.02. The van der Waals surface area contributed by atoms with Crippen LogP contribution in [0, 0.1) is 11.6 Å². The zero-order valence-electron chi connectivity index (χ0n) is 12.6. The number of aryl methyl sites for hydroxylation is 1. The fourth-order valence-electron chi connectivity index (χ4n) is 2.33. The van der Waals surface area contributed by atoms with E-state index in [4.69, 9.17) is 0 Å². The molecule has 0 aliphatic carbocycles. The standard InChI is InChI=1S/C17H20F2N2/c1-4-12-5-7-14(8-6-12)21(3)17-15(18)9-13(11-20-2)10-16(17)19/h5-10,20H,4,11H2,1-3H3. The Balaban J connectivity index is 2.35. The van der Waals surface area contributed by atoms with Crippen molar-refractivity contribution in [2.24, 2.45) is 0 Å². The molecule has 21 heavy (non-hydrogen) atoms. The lowest BCUT2D eigenvalue weighted by Gasteiger charge is -2.21. The number of nitrogens with one attached hydrogen (secondary N) is 1. The highest BCUT2D eigenvalue weighted by Crippen LogP contribution is 2.30. The number of hydrogen-bond donors (Lipinski definition) is 1. The normalized spacial score (nSPS) is 10.7. The first-order valence-corrected chi connectivity index (χ1v) is 7.02. The van der Waals surface area contributed by atoms with Gasteiger partial charge in [-0.1, -0.05) is 19.1 Å². The lowest BCUT2D eigenvalue weighted by atomic mass is 10.1. The van der Waals surface area contributed by atoms with Crippen LogP contribution in [0.4, 0.5) is 20.2 Å². The number of rotatable bonds is 5. The SMILES string of the molecule is CCc1ccc(N(C)c2c(F)cc(CNC)cc2F)cc1. The summed E-state index contributed by atoms with van der Waals surface area (Å²) in [7, 11) is 3.41. The van der Waals surface area contributed by atoms with Gasteiger partial charge in [0.2, 0.25) is 0 Å². The van der Waals surface area contributed by atoms with Gasteiger partial charge in [-0.15, -0.1) is 0 Å². The topological polar surface area (TPSA) is 15.3 Å². The van der Waals surface area contributed by atoms with Crippen molar-refractivity contribution in [3.63, 3.8) is 0 Å². The predicted octanol–water partition coefficient (Wildman–Crippen LogP) is 4.01. The third kappa shape index (κ3) is 3.39. The van der Waals surface area contributed by atoms with Gasteiger partial charge in [-0.3, -0.25) is 0 Å². The van der Waals surface area contributed by atoms with Crippen LogP contribution >= 0.6 is 0 Å². The quantitative estimate of drug-likeness (QED) is 0.895. The van der Waals surface area contributed by atoms with Crippen molar-refractivity contribution in [3.8, 4) is 0 Å². The Morgan fingerprint density at radius 3 is 2.05 bits per heavy atom. The molecule has 2 aromatic rings. The molecule has 0 radical (unpaired) electrons. The van der Waals surface area contributed by atoms with Crippen LogP contribution in [0.25, 0.3) is 0 Å². The summed E-state index contributed by atoms with van der Waals surface area (Å²) in [5.41, 5.74) is 2.51. The molecule has 2 rings (SSSR count). The van der Waals surface area contributed by atoms with E-state index in [0.717, 1.165) is 12.1 Å². The van der Waals surface area contributed by atoms with Gasteiger partial charge in [0.1, 0.15) is 17.3 Å². The van der Waals surface area contributed by atoms with Crippen LogP contribution in [-0.2, 0) is 13.0 Å². The minimum atomic E-state index is -0.553. The molecule has 1 N–H and O–H groups in total. The van der Waals surface area contributed by atoms with Crippen LogP contribution in [0.1, 0.15) is 18.1 Å². The highest BCUT2D eigenvalue weighted by Gasteiger charge is 2.16. The van der Waals surface area contributed by atoms with E-state index >= 15 is 0 Å². The molecule has 0 bridgehead atoms. The second kappa shape index (κ2) is 6.68. The summed E-state index contributed by atoms with van der Waals surface area (Å²) >= 11 is 0. The number of anilines is 2. The molecule has 0 aromatic heterocycles. The molecule has 0 unspecified atom stereocenters. The van der Waals surface area contributed by atoms with E-state index in [1.165, 1.54) is 22.6 Å². The molecule has 0 saturated carbocycles. The zero-order valence-corrected chi connectivity index (χ0v) is 12.6. The van der Waals surface area contributed by atoms with E-state index in [-0.39, 0.29) is 5.69 Å². The fraction of sp³-hybridized carbons (Fsp3) is 0.294. The first-order valence-electron chi connectivity index (χ1n) is 7.02. The van der Waals surface area contributed by atoms with Gasteiger partial charge in [0.05, 0.1) is 0 Å². The summed E-state index contributed by atoms with van der Waals surface area (Å²) in [5, 5.41) is 2.88. The summed E-state index contributed by atoms with van der Waals surface area (Å²) in [4.78, 5) is 1.53. The maximum Gasteiger partial charge on any atom is 0.150 e. The van der Waals surface area contributed by atoms with E-state index in [1.807, 2.05) is 24.3 Å². The van der Waals surface area contributed by atoms with Crippen molar-refractivity contribution >= 4 is 11.4 Å². The van der Waals surface area contributed by atoms with Crippen LogP contribution in [0.5, 0.6) is 0 Å². The summed E-state index contributed by atoms with van der Waals surface area (Å²) in [6, 6.07) is 10.4. The molecule has 112 valence electrons. The Hall–Kier alpha value is -1.94. The number of benzene rings is 2. The summed E-state index contributed by atoms with van der Waals surface area (Å²) in [6.45, 7) is 2.50. The van der Waals surface area contributed by atoms with Gasteiger partial charge in [0.15, 0.2) is 0 Å². The lowest BCUT2D eigenvalue weighted by molar-refractivity contribution is 0.578. The molecule has 4 heteroatoms. The Labute approximate surface area is 124 Å². The molecule has 0 fully saturated rings. The van der Waals surface area contributed by atoms with Gasteiger partial charge in [-0.05, 0) is 48.9 Å². The molecule has 0 amide bonds. The van der Waals surface area contributed by atoms with Crippen molar-refractivity contribution < 1.29 is 8.78 Å². The Morgan fingerprint density at radius 2 is 1.57 bits per heavy atom.